The van der Waals surface area contributed by atoms with Crippen molar-refractivity contribution >= 4 is 18.3 Å². The lowest BCUT2D eigenvalue weighted by Crippen LogP contribution is -2.48. The maximum absolute atomic E-state index is 12.7. The number of hydrogen-bond donors (Lipinski definition) is 1. The lowest BCUT2D eigenvalue weighted by molar-refractivity contribution is -0.132. The first-order valence-electron chi connectivity index (χ1n) is 9.36. The first kappa shape index (κ1) is 21.6. The molecule has 0 aromatic heterocycles. The van der Waals surface area contributed by atoms with Gasteiger partial charge in [0, 0.05) is 31.6 Å². The van der Waals surface area contributed by atoms with Gasteiger partial charge in [0.2, 0.25) is 11.7 Å². The van der Waals surface area contributed by atoms with E-state index in [4.69, 9.17) is 14.2 Å². The minimum atomic E-state index is 0. The van der Waals surface area contributed by atoms with Gasteiger partial charge in [0.25, 0.3) is 0 Å². The van der Waals surface area contributed by atoms with E-state index in [0.29, 0.717) is 48.2 Å². The van der Waals surface area contributed by atoms with E-state index in [2.05, 4.69) is 5.32 Å². The normalized spacial score (nSPS) is 23.3. The van der Waals surface area contributed by atoms with E-state index in [-0.39, 0.29) is 18.3 Å². The van der Waals surface area contributed by atoms with Crippen molar-refractivity contribution in [3.63, 3.8) is 0 Å². The van der Waals surface area contributed by atoms with Crippen LogP contribution < -0.4 is 19.5 Å². The average Bonchev–Trinajstić information content (AvgIpc) is 3.01. The molecule has 0 saturated carbocycles. The number of ether oxygens (including phenoxy) is 3. The van der Waals surface area contributed by atoms with Gasteiger partial charge in [-0.2, -0.15) is 0 Å². The summed E-state index contributed by atoms with van der Waals surface area (Å²) >= 11 is 0. The van der Waals surface area contributed by atoms with E-state index in [9.17, 15) is 4.79 Å². The molecule has 0 radical (unpaired) electrons. The lowest BCUT2D eigenvalue weighted by atomic mass is 9.98. The molecule has 2 atom stereocenters. The number of fused-ring (bicyclic) bond motifs is 2. The minimum Gasteiger partial charge on any atom is -0.493 e. The summed E-state index contributed by atoms with van der Waals surface area (Å²) in [7, 11) is 6.75. The van der Waals surface area contributed by atoms with Gasteiger partial charge >= 0.3 is 0 Å². The number of carbonyl (C=O) groups excluding carboxylic acids is 1. The Balaban J connectivity index is 0.00000261. The Kier molecular flexibility index (Phi) is 7.62. The molecule has 1 amide bonds. The first-order valence-corrected chi connectivity index (χ1v) is 9.36. The van der Waals surface area contributed by atoms with Crippen LogP contribution >= 0.6 is 12.4 Å². The van der Waals surface area contributed by atoms with Crippen LogP contribution in [-0.4, -0.2) is 57.3 Å². The number of piperidine rings is 1. The third kappa shape index (κ3) is 4.61. The highest BCUT2D eigenvalue weighted by atomic mass is 35.5. The van der Waals surface area contributed by atoms with E-state index in [0.717, 1.165) is 18.4 Å². The van der Waals surface area contributed by atoms with Gasteiger partial charge in [-0.25, -0.2) is 0 Å². The lowest BCUT2D eigenvalue weighted by Gasteiger charge is -2.35. The standard InChI is InChI=1S/C20H30N2O4.ClH/c1-22(16-11-14-7-8-15(12-16)21-14)18(23)10-6-13-5-9-17(24-2)20(26-4)19(13)25-3;/h5,9,14-16,21H,6-8,10-12H2,1-4H3;1H. The van der Waals surface area contributed by atoms with Crippen molar-refractivity contribution in [3.8, 4) is 17.2 Å². The van der Waals surface area contributed by atoms with E-state index in [1.807, 2.05) is 24.1 Å². The van der Waals surface area contributed by atoms with Crippen molar-refractivity contribution in [1.82, 2.24) is 10.2 Å². The largest absolute Gasteiger partial charge is 0.493 e. The number of aryl methyl sites for hydroxylation is 1. The molecule has 152 valence electrons. The predicted octanol–water partition coefficient (Wildman–Crippen LogP) is 2.81. The highest BCUT2D eigenvalue weighted by Crippen LogP contribution is 2.40. The van der Waals surface area contributed by atoms with Crippen LogP contribution in [0.1, 0.15) is 37.7 Å². The second-order valence-electron chi connectivity index (χ2n) is 7.26. The van der Waals surface area contributed by atoms with Crippen LogP contribution in [-0.2, 0) is 11.2 Å². The molecule has 2 aliphatic rings. The molecular weight excluding hydrogens is 368 g/mol. The number of rotatable bonds is 7. The summed E-state index contributed by atoms with van der Waals surface area (Å²) in [5.74, 6) is 2.03. The van der Waals surface area contributed by atoms with Crippen LogP contribution in [0.25, 0.3) is 0 Å². The van der Waals surface area contributed by atoms with Crippen LogP contribution in [0.5, 0.6) is 17.2 Å². The zero-order chi connectivity index (χ0) is 18.7. The Morgan fingerprint density at radius 3 is 2.26 bits per heavy atom. The van der Waals surface area contributed by atoms with Crippen molar-refractivity contribution in [3.05, 3.63) is 17.7 Å². The summed E-state index contributed by atoms with van der Waals surface area (Å²) in [6.07, 6.45) is 5.70. The van der Waals surface area contributed by atoms with Crippen LogP contribution in [0.3, 0.4) is 0 Å². The van der Waals surface area contributed by atoms with E-state index in [1.54, 1.807) is 21.3 Å². The molecular formula is C20H31ClN2O4. The van der Waals surface area contributed by atoms with Crippen molar-refractivity contribution in [2.45, 2.75) is 56.7 Å². The SMILES string of the molecule is COc1ccc(CCC(=O)N(C)C2CC3CCC(C2)N3)c(OC)c1OC.Cl. The fourth-order valence-electron chi connectivity index (χ4n) is 4.33. The molecule has 27 heavy (non-hydrogen) atoms. The maximum Gasteiger partial charge on any atom is 0.222 e. The number of methoxy groups -OCH3 is 3. The van der Waals surface area contributed by atoms with Gasteiger partial charge in [0.15, 0.2) is 11.5 Å². The average molecular weight is 399 g/mol. The molecule has 0 aliphatic carbocycles. The van der Waals surface area contributed by atoms with Gasteiger partial charge in [0.05, 0.1) is 21.3 Å². The highest BCUT2D eigenvalue weighted by Gasteiger charge is 2.36. The number of benzene rings is 1. The molecule has 2 heterocycles. The Morgan fingerprint density at radius 2 is 1.70 bits per heavy atom. The van der Waals surface area contributed by atoms with Crippen molar-refractivity contribution in [2.24, 2.45) is 0 Å². The van der Waals surface area contributed by atoms with Crippen molar-refractivity contribution in [2.75, 3.05) is 28.4 Å². The Morgan fingerprint density at radius 1 is 1.07 bits per heavy atom. The quantitative estimate of drug-likeness (QED) is 0.765. The number of halogens is 1. The molecule has 1 N–H and O–H groups in total. The van der Waals surface area contributed by atoms with Crippen molar-refractivity contribution < 1.29 is 19.0 Å². The van der Waals surface area contributed by atoms with Gasteiger partial charge in [-0.3, -0.25) is 4.79 Å². The molecule has 2 unspecified atom stereocenters. The molecule has 2 bridgehead atoms. The van der Waals surface area contributed by atoms with Crippen LogP contribution in [0, 0.1) is 0 Å². The zero-order valence-electron chi connectivity index (χ0n) is 16.6. The molecule has 3 rings (SSSR count). The smallest absolute Gasteiger partial charge is 0.222 e. The Bertz CT molecular complexity index is 643. The number of nitrogens with zero attached hydrogens (tertiary/aromatic N) is 1. The summed E-state index contributed by atoms with van der Waals surface area (Å²) in [4.78, 5) is 14.7. The third-order valence-electron chi connectivity index (χ3n) is 5.78. The minimum absolute atomic E-state index is 0. The van der Waals surface area contributed by atoms with Crippen LogP contribution in [0.2, 0.25) is 0 Å². The van der Waals surface area contributed by atoms with Gasteiger partial charge < -0.3 is 24.4 Å². The van der Waals surface area contributed by atoms with E-state index in [1.165, 1.54) is 12.8 Å². The Labute approximate surface area is 167 Å². The number of amides is 1. The molecule has 7 heteroatoms. The number of nitrogens with one attached hydrogen (secondary N) is 1. The second kappa shape index (κ2) is 9.51. The maximum atomic E-state index is 12.7. The summed E-state index contributed by atoms with van der Waals surface area (Å²) < 4.78 is 16.3. The molecule has 1 aromatic rings. The van der Waals surface area contributed by atoms with E-state index < -0.39 is 0 Å². The van der Waals surface area contributed by atoms with Gasteiger partial charge in [-0.15, -0.1) is 12.4 Å². The fourth-order valence-corrected chi connectivity index (χ4v) is 4.33. The second-order valence-corrected chi connectivity index (χ2v) is 7.26. The van der Waals surface area contributed by atoms with E-state index >= 15 is 0 Å². The van der Waals surface area contributed by atoms with Gasteiger partial charge in [-0.1, -0.05) is 6.07 Å². The van der Waals surface area contributed by atoms with Gasteiger partial charge in [-0.05, 0) is 43.7 Å². The van der Waals surface area contributed by atoms with Crippen LogP contribution in [0.15, 0.2) is 12.1 Å². The molecule has 2 fully saturated rings. The molecule has 2 saturated heterocycles. The van der Waals surface area contributed by atoms with Crippen LogP contribution in [0.4, 0.5) is 0 Å². The number of hydrogen-bond acceptors (Lipinski definition) is 5. The first-order chi connectivity index (χ1) is 12.6. The highest BCUT2D eigenvalue weighted by molar-refractivity contribution is 5.85. The summed E-state index contributed by atoms with van der Waals surface area (Å²) in [5, 5.41) is 3.63. The molecule has 1 aromatic carbocycles. The molecule has 6 nitrogen and oxygen atoms in total. The predicted molar refractivity (Wildman–Crippen MR) is 107 cm³/mol. The summed E-state index contributed by atoms with van der Waals surface area (Å²) in [5.41, 5.74) is 0.956. The topological polar surface area (TPSA) is 60.0 Å². The molecule has 0 spiro atoms. The Hall–Kier alpha value is -1.66. The number of carbonyl (C=O) groups is 1. The van der Waals surface area contributed by atoms with Crippen molar-refractivity contribution in [1.29, 1.82) is 0 Å². The monoisotopic (exact) mass is 398 g/mol. The summed E-state index contributed by atoms with van der Waals surface area (Å²) in [6.45, 7) is 0. The fraction of sp³-hybridized carbons (Fsp3) is 0.650. The third-order valence-corrected chi connectivity index (χ3v) is 5.78. The molecule has 2 aliphatic heterocycles. The summed E-state index contributed by atoms with van der Waals surface area (Å²) in [6, 6.07) is 5.32. The zero-order valence-corrected chi connectivity index (χ0v) is 17.4. The van der Waals surface area contributed by atoms with Gasteiger partial charge in [0.1, 0.15) is 0 Å².